The summed E-state index contributed by atoms with van der Waals surface area (Å²) in [6.45, 7) is 4.42. The summed E-state index contributed by atoms with van der Waals surface area (Å²) in [5.41, 5.74) is 1.23. The van der Waals surface area contributed by atoms with Gasteiger partial charge in [0, 0.05) is 31.1 Å². The van der Waals surface area contributed by atoms with Crippen LogP contribution in [-0.2, 0) is 0 Å². The van der Waals surface area contributed by atoms with E-state index in [2.05, 4.69) is 24.1 Å². The molecule has 0 bridgehead atoms. The molecule has 3 heteroatoms. The van der Waals surface area contributed by atoms with Gasteiger partial charge in [0.25, 0.3) is 0 Å². The third-order valence-corrected chi connectivity index (χ3v) is 2.30. The lowest BCUT2D eigenvalue weighted by Crippen LogP contribution is -2.29. The number of aliphatic hydroxyl groups is 1. The van der Waals surface area contributed by atoms with E-state index in [-0.39, 0.29) is 6.61 Å². The Labute approximate surface area is 85.2 Å². The predicted molar refractivity (Wildman–Crippen MR) is 57.0 cm³/mol. The summed E-state index contributed by atoms with van der Waals surface area (Å²) in [6.07, 6.45) is 4.38. The van der Waals surface area contributed by atoms with Gasteiger partial charge in [-0.3, -0.25) is 4.98 Å². The Morgan fingerprint density at radius 2 is 2.00 bits per heavy atom. The van der Waals surface area contributed by atoms with Crippen LogP contribution in [0, 0.1) is 0 Å². The average Bonchev–Trinajstić information content (AvgIpc) is 2.19. The van der Waals surface area contributed by atoms with E-state index in [1.54, 1.807) is 12.4 Å². The Balaban J connectivity index is 2.46. The standard InChI is InChI=1S/C11H18N2O/c1-9(5-8-14)13-10(2)11-3-6-12-7-4-11/h3-4,6-7,9-10,13-14H,5,8H2,1-2H3/t9-,10?/m1/s1. The Hall–Kier alpha value is -0.930. The van der Waals surface area contributed by atoms with Crippen molar-refractivity contribution in [3.63, 3.8) is 0 Å². The van der Waals surface area contributed by atoms with E-state index in [1.807, 2.05) is 12.1 Å². The Kier molecular flexibility index (Phi) is 4.56. The highest BCUT2D eigenvalue weighted by Crippen LogP contribution is 2.11. The van der Waals surface area contributed by atoms with E-state index >= 15 is 0 Å². The maximum Gasteiger partial charge on any atom is 0.0445 e. The number of nitrogens with one attached hydrogen (secondary N) is 1. The number of hydrogen-bond acceptors (Lipinski definition) is 3. The minimum absolute atomic E-state index is 0.233. The van der Waals surface area contributed by atoms with Crippen molar-refractivity contribution in [1.29, 1.82) is 0 Å². The third kappa shape index (κ3) is 3.44. The van der Waals surface area contributed by atoms with E-state index in [9.17, 15) is 0 Å². The monoisotopic (exact) mass is 194 g/mol. The highest BCUT2D eigenvalue weighted by molar-refractivity contribution is 5.13. The van der Waals surface area contributed by atoms with Gasteiger partial charge in [0.2, 0.25) is 0 Å². The molecule has 0 radical (unpaired) electrons. The fourth-order valence-electron chi connectivity index (χ4n) is 1.45. The first-order valence-corrected chi connectivity index (χ1v) is 5.01. The topological polar surface area (TPSA) is 45.1 Å². The molecule has 0 aliphatic heterocycles. The van der Waals surface area contributed by atoms with Crippen LogP contribution >= 0.6 is 0 Å². The molecule has 1 rings (SSSR count). The van der Waals surface area contributed by atoms with E-state index in [4.69, 9.17) is 5.11 Å². The smallest absolute Gasteiger partial charge is 0.0445 e. The van der Waals surface area contributed by atoms with Crippen molar-refractivity contribution >= 4 is 0 Å². The number of aromatic nitrogens is 1. The molecule has 0 fully saturated rings. The van der Waals surface area contributed by atoms with Crippen LogP contribution in [0.5, 0.6) is 0 Å². The first-order chi connectivity index (χ1) is 6.74. The van der Waals surface area contributed by atoms with Crippen molar-refractivity contribution < 1.29 is 5.11 Å². The van der Waals surface area contributed by atoms with Gasteiger partial charge in [-0.05, 0) is 38.0 Å². The highest BCUT2D eigenvalue weighted by atomic mass is 16.3. The second-order valence-electron chi connectivity index (χ2n) is 3.58. The van der Waals surface area contributed by atoms with Crippen LogP contribution in [0.2, 0.25) is 0 Å². The summed E-state index contributed by atoms with van der Waals surface area (Å²) in [6, 6.07) is 4.65. The summed E-state index contributed by atoms with van der Waals surface area (Å²) in [5, 5.41) is 12.2. The number of pyridine rings is 1. The number of rotatable bonds is 5. The zero-order chi connectivity index (χ0) is 10.4. The van der Waals surface area contributed by atoms with Gasteiger partial charge in [-0.1, -0.05) is 0 Å². The third-order valence-electron chi connectivity index (χ3n) is 2.30. The molecule has 2 atom stereocenters. The molecule has 0 aliphatic carbocycles. The van der Waals surface area contributed by atoms with Crippen LogP contribution in [-0.4, -0.2) is 22.7 Å². The molecule has 0 spiro atoms. The second kappa shape index (κ2) is 5.73. The molecule has 0 saturated carbocycles. The second-order valence-corrected chi connectivity index (χ2v) is 3.58. The van der Waals surface area contributed by atoms with Crippen molar-refractivity contribution in [1.82, 2.24) is 10.3 Å². The van der Waals surface area contributed by atoms with E-state index in [0.29, 0.717) is 12.1 Å². The molecule has 0 saturated heterocycles. The lowest BCUT2D eigenvalue weighted by molar-refractivity contribution is 0.264. The zero-order valence-corrected chi connectivity index (χ0v) is 8.77. The average molecular weight is 194 g/mol. The van der Waals surface area contributed by atoms with Crippen molar-refractivity contribution in [2.45, 2.75) is 32.4 Å². The zero-order valence-electron chi connectivity index (χ0n) is 8.77. The quantitative estimate of drug-likeness (QED) is 0.746. The minimum Gasteiger partial charge on any atom is -0.396 e. The molecular formula is C11H18N2O. The molecule has 3 nitrogen and oxygen atoms in total. The molecule has 1 unspecified atom stereocenters. The normalized spacial score (nSPS) is 15.1. The van der Waals surface area contributed by atoms with E-state index < -0.39 is 0 Å². The Morgan fingerprint density at radius 1 is 1.36 bits per heavy atom. The summed E-state index contributed by atoms with van der Waals surface area (Å²) in [7, 11) is 0. The first kappa shape index (κ1) is 11.1. The molecule has 14 heavy (non-hydrogen) atoms. The SMILES string of the molecule is CC(N[C@H](C)CCO)c1ccncc1. The number of hydrogen-bond donors (Lipinski definition) is 2. The fraction of sp³-hybridized carbons (Fsp3) is 0.545. The van der Waals surface area contributed by atoms with Gasteiger partial charge in [-0.25, -0.2) is 0 Å². The summed E-state index contributed by atoms with van der Waals surface area (Å²) >= 11 is 0. The van der Waals surface area contributed by atoms with Crippen molar-refractivity contribution in [2.24, 2.45) is 0 Å². The Bertz CT molecular complexity index is 251. The Morgan fingerprint density at radius 3 is 2.57 bits per heavy atom. The van der Waals surface area contributed by atoms with Gasteiger partial charge in [0.15, 0.2) is 0 Å². The van der Waals surface area contributed by atoms with Gasteiger partial charge in [0.05, 0.1) is 0 Å². The maximum absolute atomic E-state index is 8.77. The predicted octanol–water partition coefficient (Wildman–Crippen LogP) is 1.50. The molecule has 1 heterocycles. The summed E-state index contributed by atoms with van der Waals surface area (Å²) in [4.78, 5) is 3.98. The van der Waals surface area contributed by atoms with Crippen molar-refractivity contribution in [3.8, 4) is 0 Å². The van der Waals surface area contributed by atoms with E-state index in [0.717, 1.165) is 6.42 Å². The van der Waals surface area contributed by atoms with Crippen molar-refractivity contribution in [3.05, 3.63) is 30.1 Å². The van der Waals surface area contributed by atoms with Crippen LogP contribution in [0.3, 0.4) is 0 Å². The van der Waals surface area contributed by atoms with Crippen LogP contribution in [0.15, 0.2) is 24.5 Å². The molecular weight excluding hydrogens is 176 g/mol. The summed E-state index contributed by atoms with van der Waals surface area (Å²) < 4.78 is 0. The first-order valence-electron chi connectivity index (χ1n) is 5.01. The molecule has 78 valence electrons. The van der Waals surface area contributed by atoms with Crippen LogP contribution in [0.1, 0.15) is 31.9 Å². The molecule has 0 amide bonds. The molecule has 1 aromatic heterocycles. The lowest BCUT2D eigenvalue weighted by Gasteiger charge is -2.19. The van der Waals surface area contributed by atoms with Crippen molar-refractivity contribution in [2.75, 3.05) is 6.61 Å². The molecule has 1 aromatic rings. The molecule has 0 aromatic carbocycles. The van der Waals surface area contributed by atoms with Gasteiger partial charge in [-0.15, -0.1) is 0 Å². The lowest BCUT2D eigenvalue weighted by atomic mass is 10.1. The van der Waals surface area contributed by atoms with Gasteiger partial charge in [0.1, 0.15) is 0 Å². The highest BCUT2D eigenvalue weighted by Gasteiger charge is 2.07. The van der Waals surface area contributed by atoms with Crippen LogP contribution in [0.4, 0.5) is 0 Å². The van der Waals surface area contributed by atoms with E-state index in [1.165, 1.54) is 5.56 Å². The van der Waals surface area contributed by atoms with Gasteiger partial charge >= 0.3 is 0 Å². The molecule has 0 aliphatic rings. The molecule has 2 N–H and O–H groups in total. The minimum atomic E-state index is 0.233. The fourth-order valence-corrected chi connectivity index (χ4v) is 1.45. The van der Waals surface area contributed by atoms with Crippen LogP contribution < -0.4 is 5.32 Å². The number of aliphatic hydroxyl groups excluding tert-OH is 1. The maximum atomic E-state index is 8.77. The van der Waals surface area contributed by atoms with Crippen LogP contribution in [0.25, 0.3) is 0 Å². The summed E-state index contributed by atoms with van der Waals surface area (Å²) in [5.74, 6) is 0. The number of nitrogens with zero attached hydrogens (tertiary/aromatic N) is 1. The largest absolute Gasteiger partial charge is 0.396 e. The van der Waals surface area contributed by atoms with Gasteiger partial charge < -0.3 is 10.4 Å². The van der Waals surface area contributed by atoms with Gasteiger partial charge in [-0.2, -0.15) is 0 Å².